The Morgan fingerprint density at radius 2 is 1.94 bits per heavy atom. The van der Waals surface area contributed by atoms with Crippen LogP contribution in [-0.2, 0) is 0 Å². The number of rotatable bonds is 7. The monoisotopic (exact) mass is 235 g/mol. The molecule has 0 spiro atoms. The van der Waals surface area contributed by atoms with Gasteiger partial charge in [0.1, 0.15) is 0 Å². The molecule has 1 heteroatoms. The molecule has 0 aromatic carbocycles. The second-order valence-electron chi connectivity index (χ2n) is 5.48. The second-order valence-corrected chi connectivity index (χ2v) is 5.48. The van der Waals surface area contributed by atoms with Gasteiger partial charge in [-0.25, -0.2) is 0 Å². The fourth-order valence-corrected chi connectivity index (χ4v) is 3.29. The maximum absolute atomic E-state index is 5.39. The zero-order valence-electron chi connectivity index (χ0n) is 11.7. The van der Waals surface area contributed by atoms with Gasteiger partial charge in [-0.05, 0) is 37.6 Å². The van der Waals surface area contributed by atoms with Crippen LogP contribution in [0.25, 0.3) is 0 Å². The Morgan fingerprint density at radius 3 is 2.47 bits per heavy atom. The summed E-state index contributed by atoms with van der Waals surface area (Å²) in [6.07, 6.45) is 16.0. The quantitative estimate of drug-likeness (QED) is 0.658. The lowest BCUT2D eigenvalue weighted by Gasteiger charge is -2.34. The molecule has 1 atom stereocenters. The minimum atomic E-state index is 0.665. The van der Waals surface area contributed by atoms with Crippen LogP contribution in [0, 0.1) is 24.2 Å². The Morgan fingerprint density at radius 1 is 1.24 bits per heavy atom. The van der Waals surface area contributed by atoms with Crippen LogP contribution < -0.4 is 5.32 Å². The van der Waals surface area contributed by atoms with Gasteiger partial charge in [-0.15, -0.1) is 12.3 Å². The largest absolute Gasteiger partial charge is 0.314 e. The third-order valence-corrected chi connectivity index (χ3v) is 4.22. The Kier molecular flexibility index (Phi) is 7.37. The van der Waals surface area contributed by atoms with Crippen LogP contribution in [0.5, 0.6) is 0 Å². The molecule has 1 unspecified atom stereocenters. The van der Waals surface area contributed by atoms with Gasteiger partial charge in [-0.2, -0.15) is 0 Å². The van der Waals surface area contributed by atoms with Crippen molar-refractivity contribution in [2.75, 3.05) is 6.54 Å². The highest BCUT2D eigenvalue weighted by molar-refractivity contribution is 4.89. The Hall–Kier alpha value is -0.480. The lowest BCUT2D eigenvalue weighted by atomic mass is 9.76. The maximum atomic E-state index is 5.39. The average molecular weight is 235 g/mol. The smallest absolute Gasteiger partial charge is 0.0104 e. The highest BCUT2D eigenvalue weighted by atomic mass is 14.9. The van der Waals surface area contributed by atoms with Crippen molar-refractivity contribution in [2.24, 2.45) is 11.8 Å². The minimum absolute atomic E-state index is 0.665. The van der Waals surface area contributed by atoms with Gasteiger partial charge >= 0.3 is 0 Å². The molecule has 17 heavy (non-hydrogen) atoms. The van der Waals surface area contributed by atoms with Crippen LogP contribution in [0.2, 0.25) is 0 Å². The molecule has 1 N–H and O–H groups in total. The van der Waals surface area contributed by atoms with Crippen LogP contribution in [0.1, 0.15) is 65.2 Å². The van der Waals surface area contributed by atoms with E-state index in [4.69, 9.17) is 6.42 Å². The number of nitrogens with one attached hydrogen (secondary N) is 1. The van der Waals surface area contributed by atoms with E-state index >= 15 is 0 Å². The first-order valence-electron chi connectivity index (χ1n) is 7.48. The molecular formula is C16H29N. The SMILES string of the molecule is C#CCCC(NCC)C1CCC(CCC)CC1. The van der Waals surface area contributed by atoms with Crippen molar-refractivity contribution in [3.8, 4) is 12.3 Å². The first-order chi connectivity index (χ1) is 8.31. The fraction of sp³-hybridized carbons (Fsp3) is 0.875. The standard InChI is InChI=1S/C16H29N/c1-4-7-9-16(17-6-3)15-12-10-14(8-5-2)11-13-15/h1,14-17H,5-13H2,2-3H3. The van der Waals surface area contributed by atoms with E-state index in [-0.39, 0.29) is 0 Å². The molecular weight excluding hydrogens is 206 g/mol. The summed E-state index contributed by atoms with van der Waals surface area (Å²) in [5, 5.41) is 3.64. The van der Waals surface area contributed by atoms with Crippen molar-refractivity contribution in [3.63, 3.8) is 0 Å². The molecule has 1 fully saturated rings. The number of hydrogen-bond donors (Lipinski definition) is 1. The Bertz CT molecular complexity index is 220. The molecule has 0 aliphatic heterocycles. The lowest BCUT2D eigenvalue weighted by molar-refractivity contribution is 0.209. The van der Waals surface area contributed by atoms with E-state index in [9.17, 15) is 0 Å². The molecule has 0 bridgehead atoms. The number of hydrogen-bond acceptors (Lipinski definition) is 1. The van der Waals surface area contributed by atoms with Gasteiger partial charge in [0.05, 0.1) is 0 Å². The molecule has 0 radical (unpaired) electrons. The van der Waals surface area contributed by atoms with Crippen LogP contribution in [0.3, 0.4) is 0 Å². The molecule has 1 aliphatic carbocycles. The highest BCUT2D eigenvalue weighted by Gasteiger charge is 2.26. The van der Waals surface area contributed by atoms with Gasteiger partial charge < -0.3 is 5.32 Å². The normalized spacial score (nSPS) is 26.4. The molecule has 0 aromatic rings. The molecule has 0 aromatic heterocycles. The molecule has 0 amide bonds. The summed E-state index contributed by atoms with van der Waals surface area (Å²) in [5.41, 5.74) is 0. The summed E-state index contributed by atoms with van der Waals surface area (Å²) >= 11 is 0. The molecule has 1 nitrogen and oxygen atoms in total. The molecule has 1 saturated carbocycles. The lowest BCUT2D eigenvalue weighted by Crippen LogP contribution is -2.38. The van der Waals surface area contributed by atoms with Gasteiger partial charge in [0.15, 0.2) is 0 Å². The van der Waals surface area contributed by atoms with Crippen LogP contribution in [-0.4, -0.2) is 12.6 Å². The third-order valence-electron chi connectivity index (χ3n) is 4.22. The van der Waals surface area contributed by atoms with E-state index in [0.29, 0.717) is 6.04 Å². The van der Waals surface area contributed by atoms with E-state index in [1.807, 2.05) is 0 Å². The summed E-state index contributed by atoms with van der Waals surface area (Å²) in [6.45, 7) is 5.58. The van der Waals surface area contributed by atoms with Crippen LogP contribution in [0.15, 0.2) is 0 Å². The summed E-state index contributed by atoms with van der Waals surface area (Å²) in [7, 11) is 0. The van der Waals surface area contributed by atoms with Crippen molar-refractivity contribution in [1.29, 1.82) is 0 Å². The molecule has 1 aliphatic rings. The van der Waals surface area contributed by atoms with Gasteiger partial charge in [0.2, 0.25) is 0 Å². The first-order valence-corrected chi connectivity index (χ1v) is 7.48. The number of terminal acetylenes is 1. The average Bonchev–Trinajstić information content (AvgIpc) is 2.36. The zero-order valence-corrected chi connectivity index (χ0v) is 11.7. The molecule has 98 valence electrons. The molecule has 0 saturated heterocycles. The van der Waals surface area contributed by atoms with Crippen molar-refractivity contribution in [1.82, 2.24) is 5.32 Å². The molecule has 1 rings (SSSR count). The highest BCUT2D eigenvalue weighted by Crippen LogP contribution is 2.34. The Balaban J connectivity index is 2.35. The van der Waals surface area contributed by atoms with Gasteiger partial charge in [0.25, 0.3) is 0 Å². The predicted octanol–water partition coefficient (Wildman–Crippen LogP) is 3.98. The van der Waals surface area contributed by atoms with Crippen molar-refractivity contribution < 1.29 is 0 Å². The van der Waals surface area contributed by atoms with Crippen molar-refractivity contribution in [2.45, 2.75) is 71.3 Å². The topological polar surface area (TPSA) is 12.0 Å². The van der Waals surface area contributed by atoms with Gasteiger partial charge in [0, 0.05) is 12.5 Å². The predicted molar refractivity (Wildman–Crippen MR) is 75.9 cm³/mol. The molecule has 0 heterocycles. The fourth-order valence-electron chi connectivity index (χ4n) is 3.29. The van der Waals surface area contributed by atoms with E-state index in [1.165, 1.54) is 38.5 Å². The van der Waals surface area contributed by atoms with E-state index in [1.54, 1.807) is 0 Å². The maximum Gasteiger partial charge on any atom is 0.0104 e. The van der Waals surface area contributed by atoms with E-state index < -0.39 is 0 Å². The summed E-state index contributed by atoms with van der Waals surface area (Å²) in [5.74, 6) is 4.66. The third kappa shape index (κ3) is 5.13. The summed E-state index contributed by atoms with van der Waals surface area (Å²) in [4.78, 5) is 0. The summed E-state index contributed by atoms with van der Waals surface area (Å²) in [6, 6.07) is 0.665. The Labute approximate surface area is 108 Å². The van der Waals surface area contributed by atoms with E-state index in [0.717, 1.165) is 31.2 Å². The van der Waals surface area contributed by atoms with Gasteiger partial charge in [-0.1, -0.05) is 39.5 Å². The van der Waals surface area contributed by atoms with Crippen molar-refractivity contribution in [3.05, 3.63) is 0 Å². The summed E-state index contributed by atoms with van der Waals surface area (Å²) < 4.78 is 0. The van der Waals surface area contributed by atoms with Crippen molar-refractivity contribution >= 4 is 0 Å². The van der Waals surface area contributed by atoms with Gasteiger partial charge in [-0.3, -0.25) is 0 Å². The van der Waals surface area contributed by atoms with E-state index in [2.05, 4.69) is 25.1 Å². The van der Waals surface area contributed by atoms with Crippen LogP contribution in [0.4, 0.5) is 0 Å². The zero-order chi connectivity index (χ0) is 12.5. The minimum Gasteiger partial charge on any atom is -0.314 e. The first kappa shape index (κ1) is 14.6. The van der Waals surface area contributed by atoms with Crippen LogP contribution >= 0.6 is 0 Å². The second kappa shape index (κ2) is 8.59.